The van der Waals surface area contributed by atoms with Gasteiger partial charge in [-0.15, -0.1) is 0 Å². The summed E-state index contributed by atoms with van der Waals surface area (Å²) in [4.78, 5) is 45.4. The number of ether oxygens (including phenoxy) is 2. The van der Waals surface area contributed by atoms with Gasteiger partial charge in [0.25, 0.3) is 0 Å². The van der Waals surface area contributed by atoms with E-state index in [1.807, 2.05) is 39.3 Å². The van der Waals surface area contributed by atoms with E-state index in [4.69, 9.17) is 17.1 Å². The lowest BCUT2D eigenvalue weighted by Gasteiger charge is -2.37. The van der Waals surface area contributed by atoms with Crippen molar-refractivity contribution in [2.75, 3.05) is 13.2 Å². The zero-order valence-electron chi connectivity index (χ0n) is 19.0. The van der Waals surface area contributed by atoms with Crippen molar-refractivity contribution in [2.24, 2.45) is 11.8 Å². The molecule has 13 heteroatoms. The molecule has 2 saturated heterocycles. The summed E-state index contributed by atoms with van der Waals surface area (Å²) < 4.78 is 33.5. The number of hydrogen-bond acceptors (Lipinski definition) is 10. The molecule has 10 nitrogen and oxygen atoms in total. The summed E-state index contributed by atoms with van der Waals surface area (Å²) in [6.07, 6.45) is 1.00. The molecule has 0 N–H and O–H groups in total. The van der Waals surface area contributed by atoms with Gasteiger partial charge < -0.3 is 26.6 Å². The van der Waals surface area contributed by atoms with Crippen LogP contribution in [0, 0.1) is 11.8 Å². The Morgan fingerprint density at radius 2 is 1.03 bits per heavy atom. The highest BCUT2D eigenvalue weighted by Crippen LogP contribution is 2.25. The van der Waals surface area contributed by atoms with Crippen LogP contribution in [-0.4, -0.2) is 62.8 Å². The molecule has 0 bridgehead atoms. The number of rotatable bonds is 12. The van der Waals surface area contributed by atoms with Crippen molar-refractivity contribution in [2.45, 2.75) is 65.0 Å². The van der Waals surface area contributed by atoms with Crippen molar-refractivity contribution in [1.29, 1.82) is 0 Å². The van der Waals surface area contributed by atoms with E-state index in [0.29, 0.717) is 26.1 Å². The molecule has 2 atom stereocenters. The molecule has 0 amide bonds. The third-order valence-corrected chi connectivity index (χ3v) is 14.4. The second-order valence-corrected chi connectivity index (χ2v) is 19.7. The molecule has 2 aliphatic rings. The maximum absolute atomic E-state index is 11.5. The molecule has 2 aliphatic heterocycles. The van der Waals surface area contributed by atoms with Crippen LogP contribution in [0.4, 0.5) is 0 Å². The van der Waals surface area contributed by atoms with E-state index in [1.54, 1.807) is 0 Å². The van der Waals surface area contributed by atoms with E-state index in [2.05, 4.69) is 9.47 Å². The Labute approximate surface area is 185 Å². The van der Waals surface area contributed by atoms with Gasteiger partial charge in [0.1, 0.15) is 0 Å². The smallest absolute Gasteiger partial charge is 0.322 e. The predicted octanol–water partition coefficient (Wildman–Crippen LogP) is 2.12. The van der Waals surface area contributed by atoms with Crippen LogP contribution in [0.2, 0.25) is 39.3 Å². The van der Waals surface area contributed by atoms with Gasteiger partial charge in [0.15, 0.2) is 0 Å². The van der Waals surface area contributed by atoms with Crippen molar-refractivity contribution in [3.63, 3.8) is 0 Å². The zero-order chi connectivity index (χ0) is 23.4. The lowest BCUT2D eigenvalue weighted by atomic mass is 10.1. The fourth-order valence-corrected chi connectivity index (χ4v) is 15.3. The maximum atomic E-state index is 11.5. The first-order valence-corrected chi connectivity index (χ1v) is 18.8. The zero-order valence-corrected chi connectivity index (χ0v) is 22.0. The summed E-state index contributed by atoms with van der Waals surface area (Å²) in [6, 6.07) is 0. The summed E-state index contributed by atoms with van der Waals surface area (Å²) >= 11 is 0. The monoisotopic (exact) mass is 492 g/mol. The highest BCUT2D eigenvalue weighted by atomic mass is 28.5. The normalized spacial score (nSPS) is 22.8. The van der Waals surface area contributed by atoms with Crippen molar-refractivity contribution in [3.8, 4) is 0 Å². The van der Waals surface area contributed by atoms with Crippen molar-refractivity contribution >= 4 is 49.6 Å². The number of carbonyl (C=O) groups is 4. The molecule has 0 aliphatic carbocycles. The molecular formula is C18H32O10Si3. The van der Waals surface area contributed by atoms with E-state index < -0.39 is 61.4 Å². The lowest BCUT2D eigenvalue weighted by molar-refractivity contribution is -0.155. The minimum atomic E-state index is -2.60. The Bertz CT molecular complexity index is 663. The molecule has 2 unspecified atom stereocenters. The summed E-state index contributed by atoms with van der Waals surface area (Å²) in [7, 11) is -7.71. The van der Waals surface area contributed by atoms with Crippen molar-refractivity contribution in [3.05, 3.63) is 0 Å². The molecule has 0 saturated carbocycles. The van der Waals surface area contributed by atoms with Gasteiger partial charge in [-0.25, -0.2) is 0 Å². The summed E-state index contributed by atoms with van der Waals surface area (Å²) in [5, 5.41) is 0. The van der Waals surface area contributed by atoms with Crippen LogP contribution in [0.25, 0.3) is 0 Å². The van der Waals surface area contributed by atoms with Gasteiger partial charge in [-0.05, 0) is 52.1 Å². The first kappa shape index (κ1) is 26.0. The average molecular weight is 493 g/mol. The molecule has 0 spiro atoms. The Hall–Kier alpha value is -1.23. The fourth-order valence-electron chi connectivity index (χ4n) is 3.64. The number of hydrogen-bond donors (Lipinski definition) is 0. The number of esters is 4. The molecule has 0 aromatic carbocycles. The molecule has 2 fully saturated rings. The molecule has 0 radical (unpaired) electrons. The van der Waals surface area contributed by atoms with E-state index in [9.17, 15) is 19.2 Å². The van der Waals surface area contributed by atoms with Gasteiger partial charge in [-0.3, -0.25) is 19.2 Å². The van der Waals surface area contributed by atoms with Gasteiger partial charge >= 0.3 is 49.6 Å². The van der Waals surface area contributed by atoms with Crippen molar-refractivity contribution in [1.82, 2.24) is 0 Å². The highest BCUT2D eigenvalue weighted by molar-refractivity contribution is 6.84. The van der Waals surface area contributed by atoms with E-state index in [0.717, 1.165) is 0 Å². The summed E-state index contributed by atoms with van der Waals surface area (Å²) in [5.41, 5.74) is 0. The third-order valence-electron chi connectivity index (χ3n) is 4.74. The molecule has 0 aromatic heterocycles. The molecule has 0 aromatic rings. The minimum absolute atomic E-state index is 0.0955. The average Bonchev–Trinajstić information content (AvgIpc) is 3.05. The minimum Gasteiger partial charge on any atom is -0.415 e. The molecular weight excluding hydrogens is 460 g/mol. The van der Waals surface area contributed by atoms with E-state index >= 15 is 0 Å². The largest absolute Gasteiger partial charge is 0.415 e. The Morgan fingerprint density at radius 1 is 0.677 bits per heavy atom. The van der Waals surface area contributed by atoms with Crippen LogP contribution >= 0.6 is 0 Å². The topological polar surface area (TPSA) is 124 Å². The van der Waals surface area contributed by atoms with E-state index in [1.165, 1.54) is 0 Å². The van der Waals surface area contributed by atoms with Gasteiger partial charge in [0, 0.05) is 13.2 Å². The molecule has 2 rings (SSSR count). The van der Waals surface area contributed by atoms with Crippen molar-refractivity contribution < 1.29 is 45.7 Å². The van der Waals surface area contributed by atoms with Gasteiger partial charge in [0.2, 0.25) is 0 Å². The van der Waals surface area contributed by atoms with Crippen LogP contribution in [0.5, 0.6) is 0 Å². The summed E-state index contributed by atoms with van der Waals surface area (Å²) in [6.45, 7) is 12.0. The van der Waals surface area contributed by atoms with E-state index in [-0.39, 0.29) is 12.8 Å². The van der Waals surface area contributed by atoms with Gasteiger partial charge in [-0.2, -0.15) is 0 Å². The third kappa shape index (κ3) is 8.67. The predicted molar refractivity (Wildman–Crippen MR) is 114 cm³/mol. The van der Waals surface area contributed by atoms with Crippen LogP contribution < -0.4 is 0 Å². The highest BCUT2D eigenvalue weighted by Gasteiger charge is 2.42. The lowest BCUT2D eigenvalue weighted by Crippen LogP contribution is -2.54. The van der Waals surface area contributed by atoms with Crippen LogP contribution in [0.15, 0.2) is 0 Å². The standard InChI is InChI=1S/C18H32O10Si3/c1-29(2,23-9-7-13-11-15(19)25-17(13)21)27-31(5,6)28-30(3,4)24-10-8-14-12-16(20)26-18(14)22/h13-14H,7-12H2,1-6H3. The first-order chi connectivity index (χ1) is 14.2. The first-order valence-electron chi connectivity index (χ1n) is 10.4. The molecule has 2 heterocycles. The quantitative estimate of drug-likeness (QED) is 0.227. The Morgan fingerprint density at radius 3 is 1.32 bits per heavy atom. The SMILES string of the molecule is C[Si](C)(OCCC1CC(=O)OC1=O)O[Si](C)(C)O[Si](C)(C)OCCC1CC(=O)OC1=O. The maximum Gasteiger partial charge on any atom is 0.322 e. The second-order valence-electron chi connectivity index (χ2n) is 9.07. The van der Waals surface area contributed by atoms with Gasteiger partial charge in [0.05, 0.1) is 24.7 Å². The number of carbonyl (C=O) groups excluding carboxylic acids is 4. The van der Waals surface area contributed by atoms with Crippen LogP contribution in [0.1, 0.15) is 25.7 Å². The molecule has 31 heavy (non-hydrogen) atoms. The fraction of sp³-hybridized carbons (Fsp3) is 0.778. The summed E-state index contributed by atoms with van der Waals surface area (Å²) in [5.74, 6) is -2.88. The number of cyclic esters (lactones) is 4. The van der Waals surface area contributed by atoms with Crippen LogP contribution in [0.3, 0.4) is 0 Å². The molecule has 176 valence electrons. The Balaban J connectivity index is 1.75. The second kappa shape index (κ2) is 10.1. The van der Waals surface area contributed by atoms with Gasteiger partial charge in [-0.1, -0.05) is 0 Å². The van der Waals surface area contributed by atoms with Crippen LogP contribution in [-0.2, 0) is 45.7 Å². The Kier molecular flexibility index (Phi) is 8.52.